The lowest BCUT2D eigenvalue weighted by Gasteiger charge is -2.12. The second kappa shape index (κ2) is 2.30. The van der Waals surface area contributed by atoms with E-state index < -0.39 is 6.03 Å². The number of primary amides is 1. The van der Waals surface area contributed by atoms with Crippen molar-refractivity contribution in [1.29, 1.82) is 0 Å². The molecule has 0 fully saturated rings. The highest BCUT2D eigenvalue weighted by molar-refractivity contribution is 5.77. The van der Waals surface area contributed by atoms with Crippen molar-refractivity contribution in [2.75, 3.05) is 6.54 Å². The van der Waals surface area contributed by atoms with E-state index in [1.54, 1.807) is 12.2 Å². The number of rotatable bonds is 0. The van der Waals surface area contributed by atoms with Crippen LogP contribution in [0, 0.1) is 0 Å². The first-order valence-corrected chi connectivity index (χ1v) is 2.57. The second-order valence-electron chi connectivity index (χ2n) is 1.61. The highest BCUT2D eigenvalue weighted by Crippen LogP contribution is 1.92. The lowest BCUT2D eigenvalue weighted by atomic mass is 10.5. The summed E-state index contributed by atoms with van der Waals surface area (Å²) >= 11 is 0. The predicted octanol–water partition coefficient (Wildman–Crippen LogP) is -0.0773. The molecule has 1 heterocycles. The zero-order valence-corrected chi connectivity index (χ0v) is 4.82. The molecule has 4 nitrogen and oxygen atoms in total. The summed E-state index contributed by atoms with van der Waals surface area (Å²) in [6, 6.07) is -0.518. The minimum absolute atomic E-state index is 0.478. The number of urea groups is 1. The maximum Gasteiger partial charge on any atom is 0.335 e. The third-order valence-electron chi connectivity index (χ3n) is 0.961. The summed E-state index contributed by atoms with van der Waals surface area (Å²) in [6.07, 6.45) is 5.09. The van der Waals surface area contributed by atoms with Crippen molar-refractivity contribution in [1.82, 2.24) is 5.01 Å². The Bertz CT molecular complexity index is 173. The first-order chi connectivity index (χ1) is 4.30. The molecule has 0 radical (unpaired) electrons. The fraction of sp³-hybridized carbons (Fsp3) is 0.200. The Kier molecular flexibility index (Phi) is 1.48. The van der Waals surface area contributed by atoms with Gasteiger partial charge < -0.3 is 5.73 Å². The van der Waals surface area contributed by atoms with Gasteiger partial charge in [-0.1, -0.05) is 6.08 Å². The van der Waals surface area contributed by atoms with Gasteiger partial charge in [-0.05, 0) is 6.08 Å². The number of carbonyl (C=O) groups excluding carboxylic acids is 1. The van der Waals surface area contributed by atoms with Crippen LogP contribution < -0.4 is 5.73 Å². The van der Waals surface area contributed by atoms with Crippen molar-refractivity contribution in [3.63, 3.8) is 0 Å². The van der Waals surface area contributed by atoms with Crippen molar-refractivity contribution in [3.8, 4) is 0 Å². The molecule has 1 aliphatic heterocycles. The smallest absolute Gasteiger partial charge is 0.335 e. The van der Waals surface area contributed by atoms with E-state index in [0.29, 0.717) is 6.54 Å². The summed E-state index contributed by atoms with van der Waals surface area (Å²) in [6.45, 7) is 0.478. The van der Waals surface area contributed by atoms with E-state index in [1.807, 2.05) is 0 Å². The fourth-order valence-electron chi connectivity index (χ4n) is 0.535. The van der Waals surface area contributed by atoms with Gasteiger partial charge in [0.2, 0.25) is 0 Å². The predicted molar refractivity (Wildman–Crippen MR) is 33.9 cm³/mol. The van der Waals surface area contributed by atoms with Gasteiger partial charge in [-0.25, -0.2) is 9.80 Å². The van der Waals surface area contributed by atoms with Crippen LogP contribution in [0.25, 0.3) is 0 Å². The average Bonchev–Trinajstić information content (AvgIpc) is 1.90. The molecule has 1 rings (SSSR count). The molecule has 0 aromatic heterocycles. The van der Waals surface area contributed by atoms with Crippen molar-refractivity contribution in [2.24, 2.45) is 10.8 Å². The number of amides is 2. The van der Waals surface area contributed by atoms with Gasteiger partial charge in [-0.3, -0.25) is 0 Å². The molecule has 9 heavy (non-hydrogen) atoms. The molecule has 4 heteroatoms. The van der Waals surface area contributed by atoms with Crippen molar-refractivity contribution in [3.05, 3.63) is 12.2 Å². The first kappa shape index (κ1) is 5.81. The average molecular weight is 125 g/mol. The summed E-state index contributed by atoms with van der Waals surface area (Å²) < 4.78 is 0. The lowest BCUT2D eigenvalue weighted by Crippen LogP contribution is -2.32. The molecular formula is C5H7N3O. The number of hydrogen-bond acceptors (Lipinski definition) is 2. The Balaban J connectivity index is 2.56. The van der Waals surface area contributed by atoms with Gasteiger partial charge in [0.05, 0.1) is 6.54 Å². The quantitative estimate of drug-likeness (QED) is 0.483. The van der Waals surface area contributed by atoms with Gasteiger partial charge in [-0.2, -0.15) is 5.10 Å². The highest BCUT2D eigenvalue weighted by atomic mass is 16.2. The van der Waals surface area contributed by atoms with Crippen LogP contribution in [-0.2, 0) is 0 Å². The number of carbonyl (C=O) groups is 1. The van der Waals surface area contributed by atoms with Gasteiger partial charge in [0.1, 0.15) is 0 Å². The number of hydrazone groups is 1. The minimum atomic E-state index is -0.518. The molecule has 0 spiro atoms. The van der Waals surface area contributed by atoms with E-state index in [4.69, 9.17) is 5.73 Å². The Morgan fingerprint density at radius 2 is 2.56 bits per heavy atom. The third kappa shape index (κ3) is 1.28. The molecule has 2 N–H and O–H groups in total. The maximum absolute atomic E-state index is 10.4. The monoisotopic (exact) mass is 125 g/mol. The van der Waals surface area contributed by atoms with Crippen LogP contribution in [0.15, 0.2) is 17.3 Å². The van der Waals surface area contributed by atoms with Crippen LogP contribution in [0.4, 0.5) is 4.79 Å². The van der Waals surface area contributed by atoms with E-state index in [-0.39, 0.29) is 0 Å². The number of hydrogen-bond donors (Lipinski definition) is 1. The van der Waals surface area contributed by atoms with E-state index in [2.05, 4.69) is 5.10 Å². The van der Waals surface area contributed by atoms with Crippen LogP contribution in [0.2, 0.25) is 0 Å². The fourth-order valence-corrected chi connectivity index (χ4v) is 0.535. The Morgan fingerprint density at radius 3 is 2.89 bits per heavy atom. The highest BCUT2D eigenvalue weighted by Gasteiger charge is 2.04. The van der Waals surface area contributed by atoms with Crippen LogP contribution in [0.5, 0.6) is 0 Å². The largest absolute Gasteiger partial charge is 0.350 e. The van der Waals surface area contributed by atoms with Crippen molar-refractivity contribution >= 4 is 12.2 Å². The molecule has 2 amide bonds. The van der Waals surface area contributed by atoms with Gasteiger partial charge in [0.25, 0.3) is 0 Å². The van der Waals surface area contributed by atoms with Gasteiger partial charge in [-0.15, -0.1) is 0 Å². The van der Waals surface area contributed by atoms with E-state index in [1.165, 1.54) is 11.2 Å². The molecule has 1 aliphatic rings. The first-order valence-electron chi connectivity index (χ1n) is 2.57. The van der Waals surface area contributed by atoms with Gasteiger partial charge in [0.15, 0.2) is 0 Å². The summed E-state index contributed by atoms with van der Waals surface area (Å²) in [7, 11) is 0. The second-order valence-corrected chi connectivity index (χ2v) is 1.61. The van der Waals surface area contributed by atoms with Gasteiger partial charge in [0, 0.05) is 6.21 Å². The molecular weight excluding hydrogens is 118 g/mol. The molecule has 0 aromatic rings. The van der Waals surface area contributed by atoms with Crippen LogP contribution in [0.1, 0.15) is 0 Å². The molecule has 48 valence electrons. The molecule has 0 bridgehead atoms. The van der Waals surface area contributed by atoms with E-state index >= 15 is 0 Å². The van der Waals surface area contributed by atoms with Crippen LogP contribution in [-0.4, -0.2) is 23.8 Å². The third-order valence-corrected chi connectivity index (χ3v) is 0.961. The summed E-state index contributed by atoms with van der Waals surface area (Å²) in [4.78, 5) is 10.4. The molecule has 0 unspecified atom stereocenters. The molecule has 0 aromatic carbocycles. The lowest BCUT2D eigenvalue weighted by molar-refractivity contribution is 0.215. The van der Waals surface area contributed by atoms with Crippen LogP contribution in [0.3, 0.4) is 0 Å². The molecule has 0 aliphatic carbocycles. The zero-order chi connectivity index (χ0) is 6.69. The number of allylic oxidation sites excluding steroid dienone is 1. The normalized spacial score (nSPS) is 16.2. The topological polar surface area (TPSA) is 58.7 Å². The Morgan fingerprint density at radius 1 is 1.78 bits per heavy atom. The zero-order valence-electron chi connectivity index (χ0n) is 4.82. The van der Waals surface area contributed by atoms with Crippen molar-refractivity contribution < 1.29 is 4.79 Å². The minimum Gasteiger partial charge on any atom is -0.350 e. The summed E-state index contributed by atoms with van der Waals surface area (Å²) in [5, 5.41) is 4.86. The summed E-state index contributed by atoms with van der Waals surface area (Å²) in [5.74, 6) is 0. The number of nitrogens with two attached hydrogens (primary N) is 1. The van der Waals surface area contributed by atoms with Crippen molar-refractivity contribution in [2.45, 2.75) is 0 Å². The Labute approximate surface area is 52.6 Å². The number of nitrogens with zero attached hydrogens (tertiary/aromatic N) is 2. The Hall–Kier alpha value is -1.32. The SMILES string of the molecule is NC(=O)N1CC=CC=N1. The van der Waals surface area contributed by atoms with E-state index in [0.717, 1.165) is 0 Å². The molecule has 0 saturated carbocycles. The maximum atomic E-state index is 10.4. The molecule has 0 atom stereocenters. The molecule has 0 saturated heterocycles. The van der Waals surface area contributed by atoms with Gasteiger partial charge >= 0.3 is 6.03 Å². The van der Waals surface area contributed by atoms with Crippen LogP contribution >= 0.6 is 0 Å². The summed E-state index contributed by atoms with van der Waals surface area (Å²) in [5.41, 5.74) is 4.91. The van der Waals surface area contributed by atoms with E-state index in [9.17, 15) is 4.79 Å². The standard InChI is InChI=1S/C5H7N3O/c6-5(9)8-4-2-1-3-7-8/h1-3H,4H2,(H2,6,9).